The summed E-state index contributed by atoms with van der Waals surface area (Å²) in [6.45, 7) is 6.80. The van der Waals surface area contributed by atoms with Crippen LogP contribution >= 0.6 is 0 Å². The molecule has 1 aliphatic rings. The minimum absolute atomic E-state index is 0.0298. The van der Waals surface area contributed by atoms with E-state index < -0.39 is 0 Å². The van der Waals surface area contributed by atoms with E-state index in [0.717, 1.165) is 25.3 Å². The van der Waals surface area contributed by atoms with Crippen molar-refractivity contribution in [2.24, 2.45) is 7.05 Å². The first-order valence-electron chi connectivity index (χ1n) is 8.90. The van der Waals surface area contributed by atoms with E-state index >= 15 is 0 Å². The van der Waals surface area contributed by atoms with Crippen molar-refractivity contribution in [1.82, 2.24) is 24.6 Å². The predicted molar refractivity (Wildman–Crippen MR) is 96.2 cm³/mol. The molecule has 2 aromatic rings. The minimum atomic E-state index is -0.117. The molecular weight excluding hydrogens is 336 g/mol. The predicted octanol–water partition coefficient (Wildman–Crippen LogP) is 0.624. The molecule has 0 saturated carbocycles. The molecule has 0 bridgehead atoms. The van der Waals surface area contributed by atoms with Crippen LogP contribution in [-0.4, -0.2) is 64.0 Å². The lowest BCUT2D eigenvalue weighted by molar-refractivity contribution is -0.0408. The molecule has 3 heterocycles. The molecule has 3 rings (SSSR count). The Balaban J connectivity index is 1.64. The molecule has 1 aliphatic heterocycles. The van der Waals surface area contributed by atoms with Gasteiger partial charge in [-0.1, -0.05) is 12.1 Å². The number of rotatable bonds is 6. The topological polar surface area (TPSA) is 89.5 Å². The molecule has 0 unspecified atom stereocenters. The quantitative estimate of drug-likeness (QED) is 0.739. The molecule has 1 fully saturated rings. The maximum Gasteiger partial charge on any atom is 0.293 e. The second-order valence-electron chi connectivity index (χ2n) is 6.61. The van der Waals surface area contributed by atoms with Crippen LogP contribution in [0.1, 0.15) is 31.6 Å². The highest BCUT2D eigenvalue weighted by Crippen LogP contribution is 2.22. The number of anilines is 1. The van der Waals surface area contributed by atoms with Gasteiger partial charge in [-0.25, -0.2) is 4.98 Å². The van der Waals surface area contributed by atoms with Gasteiger partial charge in [0.2, 0.25) is 5.89 Å². The molecule has 2 atom stereocenters. The average molecular weight is 362 g/mol. The Bertz CT molecular complexity index is 789. The van der Waals surface area contributed by atoms with Crippen molar-refractivity contribution in [3.05, 3.63) is 34.5 Å². The number of aromatic nitrogens is 4. The summed E-state index contributed by atoms with van der Waals surface area (Å²) in [7, 11) is 3.58. The molecule has 1 saturated heterocycles. The lowest BCUT2D eigenvalue weighted by Gasteiger charge is -2.36. The summed E-state index contributed by atoms with van der Waals surface area (Å²) >= 11 is 0. The van der Waals surface area contributed by atoms with Gasteiger partial charge in [0.15, 0.2) is 11.6 Å². The van der Waals surface area contributed by atoms with E-state index in [-0.39, 0.29) is 17.7 Å². The van der Waals surface area contributed by atoms with Crippen LogP contribution in [0.2, 0.25) is 0 Å². The number of hydrogen-bond acceptors (Lipinski definition) is 8. The fraction of sp³-hybridized carbons (Fsp3) is 0.647. The minimum Gasteiger partial charge on any atom is -0.374 e. The Labute approximate surface area is 152 Å². The highest BCUT2D eigenvalue weighted by Gasteiger charge is 2.29. The van der Waals surface area contributed by atoms with E-state index in [4.69, 9.17) is 9.26 Å². The summed E-state index contributed by atoms with van der Waals surface area (Å²) in [6, 6.07) is 0.0298. The fourth-order valence-electron chi connectivity index (χ4n) is 3.08. The lowest BCUT2D eigenvalue weighted by Crippen LogP contribution is -2.48. The summed E-state index contributed by atoms with van der Waals surface area (Å²) in [5.41, 5.74) is -0.117. The molecule has 0 aliphatic carbocycles. The third kappa shape index (κ3) is 3.94. The third-order valence-corrected chi connectivity index (χ3v) is 4.71. The highest BCUT2D eigenvalue weighted by molar-refractivity contribution is 5.34. The monoisotopic (exact) mass is 362 g/mol. The summed E-state index contributed by atoms with van der Waals surface area (Å²) in [5.74, 6) is 1.78. The van der Waals surface area contributed by atoms with Crippen molar-refractivity contribution < 1.29 is 9.26 Å². The summed E-state index contributed by atoms with van der Waals surface area (Å²) < 4.78 is 12.8. The molecule has 0 N–H and O–H groups in total. The number of nitrogens with zero attached hydrogens (tertiary/aromatic N) is 6. The molecule has 9 heteroatoms. The zero-order chi connectivity index (χ0) is 18.7. The zero-order valence-electron chi connectivity index (χ0n) is 15.8. The van der Waals surface area contributed by atoms with Gasteiger partial charge >= 0.3 is 0 Å². The van der Waals surface area contributed by atoms with Crippen LogP contribution in [0.25, 0.3) is 0 Å². The second-order valence-corrected chi connectivity index (χ2v) is 6.61. The summed E-state index contributed by atoms with van der Waals surface area (Å²) in [6.07, 6.45) is 4.00. The average Bonchev–Trinajstić information content (AvgIpc) is 3.12. The van der Waals surface area contributed by atoms with Crippen molar-refractivity contribution in [3.8, 4) is 0 Å². The van der Waals surface area contributed by atoms with Gasteiger partial charge < -0.3 is 18.7 Å². The van der Waals surface area contributed by atoms with E-state index in [9.17, 15) is 4.79 Å². The fourth-order valence-corrected chi connectivity index (χ4v) is 3.08. The van der Waals surface area contributed by atoms with Gasteiger partial charge in [-0.2, -0.15) is 4.98 Å². The lowest BCUT2D eigenvalue weighted by atomic mass is 10.2. The Morgan fingerprint density at radius 3 is 3.00 bits per heavy atom. The zero-order valence-corrected chi connectivity index (χ0v) is 15.8. The van der Waals surface area contributed by atoms with Crippen molar-refractivity contribution in [3.63, 3.8) is 0 Å². The van der Waals surface area contributed by atoms with E-state index in [1.807, 2.05) is 18.9 Å². The van der Waals surface area contributed by atoms with Crippen molar-refractivity contribution in [2.45, 2.75) is 32.4 Å². The van der Waals surface area contributed by atoms with Gasteiger partial charge in [0.25, 0.3) is 5.56 Å². The SMILES string of the molecule is CCc1noc([C@@H](C)N2CCO[C@H](CN(C)c3nccn(C)c3=O)C2)n1. The van der Waals surface area contributed by atoms with Crippen LogP contribution in [0.4, 0.5) is 5.82 Å². The second kappa shape index (κ2) is 7.96. The molecule has 26 heavy (non-hydrogen) atoms. The van der Waals surface area contributed by atoms with Crippen molar-refractivity contribution in [1.29, 1.82) is 0 Å². The van der Waals surface area contributed by atoms with Gasteiger partial charge in [0.05, 0.1) is 18.8 Å². The first-order chi connectivity index (χ1) is 12.5. The number of ether oxygens (including phenoxy) is 1. The Hall–Kier alpha value is -2.26. The first kappa shape index (κ1) is 18.5. The first-order valence-corrected chi connectivity index (χ1v) is 8.90. The van der Waals surface area contributed by atoms with Crippen LogP contribution in [-0.2, 0) is 18.2 Å². The van der Waals surface area contributed by atoms with E-state index in [1.165, 1.54) is 4.57 Å². The molecule has 2 aromatic heterocycles. The van der Waals surface area contributed by atoms with Crippen molar-refractivity contribution >= 4 is 5.82 Å². The van der Waals surface area contributed by atoms with E-state index in [2.05, 4.69) is 26.9 Å². The normalized spacial score (nSPS) is 19.5. The van der Waals surface area contributed by atoms with E-state index in [1.54, 1.807) is 19.4 Å². The van der Waals surface area contributed by atoms with Crippen LogP contribution in [0.5, 0.6) is 0 Å². The van der Waals surface area contributed by atoms with Gasteiger partial charge in [-0.15, -0.1) is 0 Å². The van der Waals surface area contributed by atoms with Crippen molar-refractivity contribution in [2.75, 3.05) is 38.2 Å². The molecule has 0 spiro atoms. The maximum atomic E-state index is 12.2. The van der Waals surface area contributed by atoms with Gasteiger partial charge in [0.1, 0.15) is 0 Å². The number of morpholine rings is 1. The van der Waals surface area contributed by atoms with Gasteiger partial charge in [0, 0.05) is 52.5 Å². The Kier molecular flexibility index (Phi) is 5.67. The van der Waals surface area contributed by atoms with Crippen LogP contribution in [0.15, 0.2) is 21.7 Å². The van der Waals surface area contributed by atoms with Gasteiger partial charge in [-0.05, 0) is 6.92 Å². The largest absolute Gasteiger partial charge is 0.374 e. The Morgan fingerprint density at radius 1 is 1.46 bits per heavy atom. The van der Waals surface area contributed by atoms with Crippen LogP contribution in [0.3, 0.4) is 0 Å². The number of hydrogen-bond donors (Lipinski definition) is 0. The van der Waals surface area contributed by atoms with Crippen LogP contribution in [0, 0.1) is 0 Å². The standard InChI is InChI=1S/C17H26N6O3/c1-5-14-19-16(26-20-14)12(2)23-8-9-25-13(11-23)10-22(4)15-17(24)21(3)7-6-18-15/h6-7,12-13H,5,8-11H2,1-4H3/t12-,13-/m1/s1. The maximum absolute atomic E-state index is 12.2. The number of likely N-dealkylation sites (N-methyl/N-ethyl adjacent to an activating group) is 1. The number of aryl methyl sites for hydroxylation is 2. The van der Waals surface area contributed by atoms with Crippen LogP contribution < -0.4 is 10.5 Å². The molecule has 142 valence electrons. The molecule has 0 amide bonds. The highest BCUT2D eigenvalue weighted by atomic mass is 16.5. The Morgan fingerprint density at radius 2 is 2.27 bits per heavy atom. The molecule has 9 nitrogen and oxygen atoms in total. The molecule has 0 aromatic carbocycles. The third-order valence-electron chi connectivity index (χ3n) is 4.71. The van der Waals surface area contributed by atoms with Gasteiger partial charge in [-0.3, -0.25) is 9.69 Å². The molecule has 0 radical (unpaired) electrons. The smallest absolute Gasteiger partial charge is 0.293 e. The van der Waals surface area contributed by atoms with E-state index in [0.29, 0.717) is 24.9 Å². The summed E-state index contributed by atoms with van der Waals surface area (Å²) in [4.78, 5) is 25.0. The summed E-state index contributed by atoms with van der Waals surface area (Å²) in [5, 5.41) is 3.98. The molecular formula is C17H26N6O3.